The van der Waals surface area contributed by atoms with Crippen LogP contribution in [0.4, 0.5) is 0 Å². The van der Waals surface area contributed by atoms with Crippen molar-refractivity contribution in [2.75, 3.05) is 7.05 Å². The van der Waals surface area contributed by atoms with Gasteiger partial charge in [0, 0.05) is 12.5 Å². The minimum absolute atomic E-state index is 0. The Labute approximate surface area is 136 Å². The van der Waals surface area contributed by atoms with Gasteiger partial charge in [0.1, 0.15) is 0 Å². The highest BCUT2D eigenvalue weighted by atomic mass is 35.5. The van der Waals surface area contributed by atoms with Gasteiger partial charge in [0.15, 0.2) is 5.82 Å². The van der Waals surface area contributed by atoms with Crippen molar-refractivity contribution < 1.29 is 4.52 Å². The van der Waals surface area contributed by atoms with Crippen LogP contribution in [0.25, 0.3) is 10.8 Å². The number of aromatic nitrogens is 2. The van der Waals surface area contributed by atoms with Crippen molar-refractivity contribution in [2.24, 2.45) is 0 Å². The number of rotatable bonds is 5. The summed E-state index contributed by atoms with van der Waals surface area (Å²) in [6.45, 7) is 2.10. The summed E-state index contributed by atoms with van der Waals surface area (Å²) in [5, 5.41) is 9.70. The Balaban J connectivity index is 0.00000176. The van der Waals surface area contributed by atoms with Gasteiger partial charge in [0.2, 0.25) is 5.89 Å². The molecular formula is C17H20ClN3O. The fraction of sp³-hybridized carbons (Fsp3) is 0.294. The highest BCUT2D eigenvalue weighted by Crippen LogP contribution is 2.20. The topological polar surface area (TPSA) is 51.0 Å². The quantitative estimate of drug-likeness (QED) is 0.783. The zero-order valence-electron chi connectivity index (χ0n) is 12.7. The summed E-state index contributed by atoms with van der Waals surface area (Å²) in [6.07, 6.45) is 1.44. The van der Waals surface area contributed by atoms with Crippen molar-refractivity contribution >= 4 is 23.2 Å². The zero-order chi connectivity index (χ0) is 14.7. The molecule has 0 saturated carbocycles. The molecule has 0 aliphatic carbocycles. The van der Waals surface area contributed by atoms with Crippen molar-refractivity contribution in [1.29, 1.82) is 0 Å². The number of nitrogens with one attached hydrogen (secondary N) is 1. The van der Waals surface area contributed by atoms with Gasteiger partial charge < -0.3 is 9.84 Å². The molecule has 0 bridgehead atoms. The van der Waals surface area contributed by atoms with E-state index in [9.17, 15) is 0 Å². The molecule has 1 heterocycles. The summed E-state index contributed by atoms with van der Waals surface area (Å²) in [6, 6.07) is 15.0. The molecule has 1 N–H and O–H groups in total. The summed E-state index contributed by atoms with van der Waals surface area (Å²) >= 11 is 0. The summed E-state index contributed by atoms with van der Waals surface area (Å²) in [7, 11) is 1.93. The van der Waals surface area contributed by atoms with E-state index in [4.69, 9.17) is 4.52 Å². The first-order valence-corrected chi connectivity index (χ1v) is 7.21. The average Bonchev–Trinajstić information content (AvgIpc) is 2.94. The van der Waals surface area contributed by atoms with E-state index in [1.807, 2.05) is 7.05 Å². The first kappa shape index (κ1) is 16.5. The number of hydrogen-bond acceptors (Lipinski definition) is 4. The zero-order valence-corrected chi connectivity index (χ0v) is 13.6. The second-order valence-electron chi connectivity index (χ2n) is 5.31. The summed E-state index contributed by atoms with van der Waals surface area (Å²) in [5.74, 6) is 1.43. The van der Waals surface area contributed by atoms with Gasteiger partial charge in [0.05, 0.1) is 6.42 Å². The van der Waals surface area contributed by atoms with E-state index in [-0.39, 0.29) is 12.4 Å². The summed E-state index contributed by atoms with van der Waals surface area (Å²) in [5.41, 5.74) is 1.21. The number of likely N-dealkylation sites (N-methyl/N-ethyl adjacent to an activating group) is 1. The van der Waals surface area contributed by atoms with E-state index in [1.165, 1.54) is 16.3 Å². The Kier molecular flexibility index (Phi) is 5.52. The van der Waals surface area contributed by atoms with Gasteiger partial charge in [0.25, 0.3) is 0 Å². The van der Waals surface area contributed by atoms with Crippen LogP contribution < -0.4 is 5.32 Å². The van der Waals surface area contributed by atoms with Crippen molar-refractivity contribution in [3.8, 4) is 0 Å². The standard InChI is InChI=1S/C17H19N3O.ClH/c1-12(18-2)10-16-19-17(21-20-16)11-14-8-5-7-13-6-3-4-9-15(13)14;/h3-9,12,18H,10-11H2,1-2H3;1H. The molecular weight excluding hydrogens is 298 g/mol. The number of fused-ring (bicyclic) bond motifs is 1. The van der Waals surface area contributed by atoms with Crippen LogP contribution in [0.5, 0.6) is 0 Å². The maximum Gasteiger partial charge on any atom is 0.231 e. The maximum atomic E-state index is 5.37. The smallest absolute Gasteiger partial charge is 0.231 e. The van der Waals surface area contributed by atoms with Gasteiger partial charge in [-0.05, 0) is 30.3 Å². The van der Waals surface area contributed by atoms with Gasteiger partial charge in [-0.3, -0.25) is 0 Å². The van der Waals surface area contributed by atoms with Crippen LogP contribution in [-0.2, 0) is 12.8 Å². The first-order chi connectivity index (χ1) is 10.3. The van der Waals surface area contributed by atoms with Crippen LogP contribution in [0.15, 0.2) is 47.0 Å². The monoisotopic (exact) mass is 317 g/mol. The van der Waals surface area contributed by atoms with Crippen LogP contribution in [0.1, 0.15) is 24.2 Å². The molecule has 0 saturated heterocycles. The van der Waals surface area contributed by atoms with Gasteiger partial charge in [-0.25, -0.2) is 0 Å². The molecule has 22 heavy (non-hydrogen) atoms. The number of halogens is 1. The minimum Gasteiger partial charge on any atom is -0.339 e. The largest absolute Gasteiger partial charge is 0.339 e. The molecule has 5 heteroatoms. The van der Waals surface area contributed by atoms with Crippen molar-refractivity contribution in [2.45, 2.75) is 25.8 Å². The molecule has 0 amide bonds. The maximum absolute atomic E-state index is 5.37. The number of nitrogens with zero attached hydrogens (tertiary/aromatic N) is 2. The van der Waals surface area contributed by atoms with E-state index in [2.05, 4.69) is 64.8 Å². The van der Waals surface area contributed by atoms with E-state index in [0.29, 0.717) is 18.4 Å². The SMILES string of the molecule is CNC(C)Cc1noc(Cc2cccc3ccccc23)n1.Cl. The predicted molar refractivity (Wildman–Crippen MR) is 90.5 cm³/mol. The normalized spacial score (nSPS) is 12.1. The van der Waals surface area contributed by atoms with E-state index < -0.39 is 0 Å². The summed E-state index contributed by atoms with van der Waals surface area (Å²) in [4.78, 5) is 4.48. The predicted octanol–water partition coefficient (Wildman–Crippen LogP) is 3.39. The molecule has 3 rings (SSSR count). The Hall–Kier alpha value is -1.91. The molecule has 2 aromatic carbocycles. The van der Waals surface area contributed by atoms with Crippen LogP contribution >= 0.6 is 12.4 Å². The van der Waals surface area contributed by atoms with Crippen LogP contribution in [0.3, 0.4) is 0 Å². The van der Waals surface area contributed by atoms with Gasteiger partial charge >= 0.3 is 0 Å². The van der Waals surface area contributed by atoms with Crippen LogP contribution in [0.2, 0.25) is 0 Å². The molecule has 0 fully saturated rings. The molecule has 116 valence electrons. The van der Waals surface area contributed by atoms with Crippen molar-refractivity contribution in [3.63, 3.8) is 0 Å². The molecule has 1 unspecified atom stereocenters. The van der Waals surface area contributed by atoms with E-state index >= 15 is 0 Å². The molecule has 1 atom stereocenters. The fourth-order valence-corrected chi connectivity index (χ4v) is 2.43. The Morgan fingerprint density at radius 2 is 1.91 bits per heavy atom. The molecule has 3 aromatic rings. The highest BCUT2D eigenvalue weighted by molar-refractivity contribution is 5.86. The lowest BCUT2D eigenvalue weighted by Gasteiger charge is -2.05. The third-order valence-corrected chi connectivity index (χ3v) is 3.71. The van der Waals surface area contributed by atoms with Crippen LogP contribution in [-0.4, -0.2) is 23.2 Å². The number of benzene rings is 2. The molecule has 0 aliphatic rings. The third kappa shape index (κ3) is 3.64. The molecule has 0 radical (unpaired) electrons. The molecule has 4 nitrogen and oxygen atoms in total. The van der Waals surface area contributed by atoms with E-state index in [0.717, 1.165) is 12.2 Å². The molecule has 0 aliphatic heterocycles. The third-order valence-electron chi connectivity index (χ3n) is 3.71. The first-order valence-electron chi connectivity index (χ1n) is 7.21. The van der Waals surface area contributed by atoms with Crippen molar-refractivity contribution in [1.82, 2.24) is 15.5 Å². The lowest BCUT2D eigenvalue weighted by Crippen LogP contribution is -2.24. The van der Waals surface area contributed by atoms with Gasteiger partial charge in [-0.15, -0.1) is 12.4 Å². The van der Waals surface area contributed by atoms with Crippen LogP contribution in [0, 0.1) is 0 Å². The molecule has 1 aromatic heterocycles. The van der Waals surface area contributed by atoms with Gasteiger partial charge in [-0.2, -0.15) is 4.98 Å². The second kappa shape index (κ2) is 7.38. The van der Waals surface area contributed by atoms with Gasteiger partial charge in [-0.1, -0.05) is 47.6 Å². The van der Waals surface area contributed by atoms with Crippen molar-refractivity contribution in [3.05, 3.63) is 59.7 Å². The fourth-order valence-electron chi connectivity index (χ4n) is 2.43. The molecule has 0 spiro atoms. The second-order valence-corrected chi connectivity index (χ2v) is 5.31. The number of hydrogen-bond donors (Lipinski definition) is 1. The minimum atomic E-state index is 0. The Morgan fingerprint density at radius 3 is 2.73 bits per heavy atom. The average molecular weight is 318 g/mol. The lowest BCUT2D eigenvalue weighted by atomic mass is 10.0. The lowest BCUT2D eigenvalue weighted by molar-refractivity contribution is 0.377. The summed E-state index contributed by atoms with van der Waals surface area (Å²) < 4.78 is 5.37. The van der Waals surface area contributed by atoms with E-state index in [1.54, 1.807) is 0 Å². The highest BCUT2D eigenvalue weighted by Gasteiger charge is 2.11. The Bertz CT molecular complexity index is 736. The Morgan fingerprint density at radius 1 is 1.14 bits per heavy atom.